The van der Waals surface area contributed by atoms with E-state index in [1.165, 1.54) is 28.4 Å². The number of benzene rings is 2. The highest BCUT2D eigenvalue weighted by molar-refractivity contribution is 7.91. The van der Waals surface area contributed by atoms with Gasteiger partial charge in [-0.05, 0) is 79.7 Å². The molecule has 2 aromatic carbocycles. The van der Waals surface area contributed by atoms with Crippen molar-refractivity contribution in [2.24, 2.45) is 0 Å². The second-order valence-electron chi connectivity index (χ2n) is 18.9. The van der Waals surface area contributed by atoms with Crippen LogP contribution in [0.25, 0.3) is 11.4 Å². The van der Waals surface area contributed by atoms with E-state index >= 15 is 0 Å². The van der Waals surface area contributed by atoms with Crippen LogP contribution >= 0.6 is 0 Å². The summed E-state index contributed by atoms with van der Waals surface area (Å²) in [5, 5.41) is 15.4. The molecule has 8 rings (SSSR count). The molecule has 24 nitrogen and oxygen atoms in total. The van der Waals surface area contributed by atoms with E-state index in [4.69, 9.17) is 47.4 Å². The predicted molar refractivity (Wildman–Crippen MR) is 284 cm³/mol. The van der Waals surface area contributed by atoms with Crippen LogP contribution in [0.4, 0.5) is 0 Å². The molecule has 0 aliphatic carbocycles. The highest BCUT2D eigenvalue weighted by Crippen LogP contribution is 2.39. The molecule has 0 saturated carbocycles. The Labute approximate surface area is 455 Å². The van der Waals surface area contributed by atoms with E-state index in [1.807, 2.05) is 41.5 Å². The zero-order valence-electron chi connectivity index (χ0n) is 46.1. The van der Waals surface area contributed by atoms with E-state index in [0.29, 0.717) is 83.8 Å². The van der Waals surface area contributed by atoms with Gasteiger partial charge in [0.2, 0.25) is 0 Å². The van der Waals surface area contributed by atoms with Crippen LogP contribution in [0.2, 0.25) is 0 Å². The third kappa shape index (κ3) is 13.9. The Hall–Kier alpha value is -6.26. The lowest BCUT2D eigenvalue weighted by Crippen LogP contribution is -2.32. The van der Waals surface area contributed by atoms with Crippen molar-refractivity contribution in [3.63, 3.8) is 0 Å². The molecule has 6 aromatic rings. The van der Waals surface area contributed by atoms with E-state index in [9.17, 15) is 16.8 Å². The summed E-state index contributed by atoms with van der Waals surface area (Å²) in [4.78, 5) is 17.4. The van der Waals surface area contributed by atoms with Gasteiger partial charge in [0.05, 0.1) is 126 Å². The first kappa shape index (κ1) is 59.4. The summed E-state index contributed by atoms with van der Waals surface area (Å²) in [5.41, 5.74) is 3.25. The summed E-state index contributed by atoms with van der Waals surface area (Å²) in [6.45, 7) is 16.4. The summed E-state index contributed by atoms with van der Waals surface area (Å²) in [5.74, 6) is 2.05. The Morgan fingerprint density at radius 3 is 1.17 bits per heavy atom. The highest BCUT2D eigenvalue weighted by atomic mass is 32.2. The lowest BCUT2D eigenvalue weighted by atomic mass is 10.2. The van der Waals surface area contributed by atoms with E-state index in [-0.39, 0.29) is 37.1 Å². The minimum Gasteiger partial charge on any atom is -0.494 e. The smallest absolute Gasteiger partial charge is 0.169 e. The fourth-order valence-electron chi connectivity index (χ4n) is 8.66. The van der Waals surface area contributed by atoms with Crippen molar-refractivity contribution in [2.75, 3.05) is 68.1 Å². The van der Waals surface area contributed by atoms with Gasteiger partial charge in [-0.3, -0.25) is 29.1 Å². The minimum atomic E-state index is -3.87. The predicted octanol–water partition coefficient (Wildman–Crippen LogP) is 5.88. The second kappa shape index (κ2) is 26.6. The molecular formula is C52H70N10O14S2. The van der Waals surface area contributed by atoms with Crippen molar-refractivity contribution in [1.29, 1.82) is 0 Å². The van der Waals surface area contributed by atoms with Crippen LogP contribution in [-0.4, -0.2) is 157 Å². The normalized spacial score (nSPS) is 17.7. The molecule has 6 heterocycles. The SMILES string of the molecule is COc1cccc(OC)c1-n1c(CS(=O)(=O)[C@H](C)[C@H](OC(C)C)c2cnc(C)cn2)nnc1[C@@H]1COCCO1.COc1cccc(OC)c1-n1c(CS(=O)(=O)[C@H](C)[C@H](OC(C)C)c2cnc(C)cn2)nnc1[C@H]1COCCO1. The van der Waals surface area contributed by atoms with Crippen LogP contribution in [0, 0.1) is 13.8 Å². The molecule has 0 unspecified atom stereocenters. The standard InChI is InChI=1S/2C26H35N5O7S/c2*1-16(2)38-25(19-13-27-17(3)12-28-19)18(4)39(32,33)15-23-29-30-26(22-14-36-10-11-37-22)31(23)24-20(34-5)8-7-9-21(24)35-6/h2*7-9,12-13,16,18,22,25H,10-11,14-15H2,1-6H3/t18-,22+,25+;18-,22-,25+/m11/s1. The summed E-state index contributed by atoms with van der Waals surface area (Å²) in [6, 6.07) is 10.6. The largest absolute Gasteiger partial charge is 0.494 e. The minimum absolute atomic E-state index is 0.173. The Morgan fingerprint density at radius 2 is 0.885 bits per heavy atom. The molecule has 424 valence electrons. The van der Waals surface area contributed by atoms with Crippen LogP contribution in [0.15, 0.2) is 61.2 Å². The number of aromatic nitrogens is 10. The van der Waals surface area contributed by atoms with Gasteiger partial charge in [0.15, 0.2) is 43.0 Å². The molecule has 2 saturated heterocycles. The summed E-state index contributed by atoms with van der Waals surface area (Å²) in [7, 11) is -1.65. The van der Waals surface area contributed by atoms with Crippen LogP contribution in [0.3, 0.4) is 0 Å². The maximum atomic E-state index is 13.9. The Morgan fingerprint density at radius 1 is 0.526 bits per heavy atom. The molecule has 0 N–H and O–H groups in total. The first-order chi connectivity index (χ1) is 37.3. The number of rotatable bonds is 22. The van der Waals surface area contributed by atoms with Crippen molar-refractivity contribution in [3.8, 4) is 34.4 Å². The number of hydrogen-bond donors (Lipinski definition) is 0. The average Bonchev–Trinajstić information content (AvgIpc) is 4.04. The molecule has 26 heteroatoms. The number of methoxy groups -OCH3 is 4. The number of sulfone groups is 2. The topological polar surface area (TPSA) is 274 Å². The van der Waals surface area contributed by atoms with Crippen molar-refractivity contribution in [2.45, 2.75) is 114 Å². The molecule has 2 fully saturated rings. The first-order valence-corrected chi connectivity index (χ1v) is 28.8. The first-order valence-electron chi connectivity index (χ1n) is 25.3. The van der Waals surface area contributed by atoms with Crippen LogP contribution in [-0.2, 0) is 59.6 Å². The number of aryl methyl sites for hydroxylation is 2. The summed E-state index contributed by atoms with van der Waals surface area (Å²) in [6.07, 6.45) is 3.00. The third-order valence-corrected chi connectivity index (χ3v) is 16.7. The number of hydrogen-bond acceptors (Lipinski definition) is 22. The quantitative estimate of drug-likeness (QED) is 0.0767. The van der Waals surface area contributed by atoms with Gasteiger partial charge in [0, 0.05) is 12.4 Å². The van der Waals surface area contributed by atoms with E-state index in [2.05, 4.69) is 40.3 Å². The summed E-state index contributed by atoms with van der Waals surface area (Å²) >= 11 is 0. The molecule has 4 aromatic heterocycles. The van der Waals surface area contributed by atoms with Gasteiger partial charge in [0.1, 0.15) is 70.3 Å². The Kier molecular flexibility index (Phi) is 20.3. The van der Waals surface area contributed by atoms with Crippen molar-refractivity contribution >= 4 is 19.7 Å². The second-order valence-corrected chi connectivity index (χ2v) is 23.6. The van der Waals surface area contributed by atoms with Crippen LogP contribution < -0.4 is 18.9 Å². The molecule has 0 radical (unpaired) electrons. The van der Waals surface area contributed by atoms with Crippen LogP contribution in [0.1, 0.15) is 112 Å². The van der Waals surface area contributed by atoms with Gasteiger partial charge in [-0.15, -0.1) is 20.4 Å². The fraction of sp³-hybridized carbons (Fsp3) is 0.538. The fourth-order valence-corrected chi connectivity index (χ4v) is 11.4. The van der Waals surface area contributed by atoms with Crippen molar-refractivity contribution in [1.82, 2.24) is 49.5 Å². The van der Waals surface area contributed by atoms with E-state index < -0.39 is 66.1 Å². The molecule has 6 atom stereocenters. The van der Waals surface area contributed by atoms with E-state index in [0.717, 1.165) is 11.4 Å². The summed E-state index contributed by atoms with van der Waals surface area (Å²) < 4.78 is 116. The molecule has 0 bridgehead atoms. The zero-order chi connectivity index (χ0) is 56.3. The lowest BCUT2D eigenvalue weighted by Gasteiger charge is -2.26. The Bertz CT molecular complexity index is 2880. The molecule has 78 heavy (non-hydrogen) atoms. The molecular weight excluding hydrogens is 1050 g/mol. The monoisotopic (exact) mass is 1120 g/mol. The maximum Gasteiger partial charge on any atom is 0.169 e. The lowest BCUT2D eigenvalue weighted by molar-refractivity contribution is -0.0942. The van der Waals surface area contributed by atoms with E-state index in [1.54, 1.807) is 84.2 Å². The number of ether oxygens (including phenoxy) is 10. The molecule has 2 aliphatic rings. The molecule has 0 amide bonds. The van der Waals surface area contributed by atoms with Crippen molar-refractivity contribution in [3.05, 3.63) is 107 Å². The van der Waals surface area contributed by atoms with Gasteiger partial charge < -0.3 is 47.4 Å². The van der Waals surface area contributed by atoms with Gasteiger partial charge in [-0.25, -0.2) is 16.8 Å². The number of nitrogens with zero attached hydrogens (tertiary/aromatic N) is 10. The van der Waals surface area contributed by atoms with Gasteiger partial charge in [0.25, 0.3) is 0 Å². The average molecular weight is 1120 g/mol. The Balaban J connectivity index is 0.000000226. The number of para-hydroxylation sites is 2. The third-order valence-electron chi connectivity index (χ3n) is 12.6. The zero-order valence-corrected chi connectivity index (χ0v) is 47.7. The van der Waals surface area contributed by atoms with Gasteiger partial charge in [-0.2, -0.15) is 0 Å². The highest BCUT2D eigenvalue weighted by Gasteiger charge is 2.39. The van der Waals surface area contributed by atoms with Crippen LogP contribution in [0.5, 0.6) is 23.0 Å². The maximum absolute atomic E-state index is 13.9. The van der Waals surface area contributed by atoms with Gasteiger partial charge in [-0.1, -0.05) is 12.1 Å². The molecule has 0 spiro atoms. The van der Waals surface area contributed by atoms with Crippen molar-refractivity contribution < 1.29 is 64.2 Å². The molecule has 2 aliphatic heterocycles. The van der Waals surface area contributed by atoms with Gasteiger partial charge >= 0.3 is 0 Å².